The second kappa shape index (κ2) is 7.16. The highest BCUT2D eigenvalue weighted by atomic mass is 16.7. The molecule has 0 saturated carbocycles. The molecular weight excluding hydrogens is 256 g/mol. The zero-order valence-electron chi connectivity index (χ0n) is 11.6. The Morgan fingerprint density at radius 1 is 1.32 bits per heavy atom. The predicted octanol–water partition coefficient (Wildman–Crippen LogP) is -0.564. The van der Waals surface area contributed by atoms with E-state index >= 15 is 0 Å². The van der Waals surface area contributed by atoms with Gasteiger partial charge in [0.15, 0.2) is 6.29 Å². The molecule has 0 radical (unpaired) electrons. The number of esters is 1. The van der Waals surface area contributed by atoms with E-state index in [0.29, 0.717) is 0 Å². The Labute approximate surface area is 112 Å². The largest absolute Gasteiger partial charge is 0.469 e. The van der Waals surface area contributed by atoms with Crippen molar-refractivity contribution in [1.82, 2.24) is 0 Å². The van der Waals surface area contributed by atoms with Gasteiger partial charge in [-0.1, -0.05) is 0 Å². The van der Waals surface area contributed by atoms with Crippen molar-refractivity contribution in [2.75, 3.05) is 14.2 Å². The van der Waals surface area contributed by atoms with Crippen LogP contribution in [-0.2, 0) is 23.7 Å². The van der Waals surface area contributed by atoms with E-state index in [2.05, 4.69) is 4.74 Å². The lowest BCUT2D eigenvalue weighted by Crippen LogP contribution is -2.58. The molecule has 19 heavy (non-hydrogen) atoms. The molecule has 1 fully saturated rings. The molecule has 5 unspecified atom stereocenters. The van der Waals surface area contributed by atoms with Crippen molar-refractivity contribution in [3.8, 4) is 0 Å². The first-order chi connectivity index (χ1) is 8.90. The van der Waals surface area contributed by atoms with Crippen LogP contribution in [0.2, 0.25) is 0 Å². The van der Waals surface area contributed by atoms with Crippen LogP contribution in [0, 0.1) is 0 Å². The molecule has 0 bridgehead atoms. The molecule has 1 rings (SSSR count). The maximum Gasteiger partial charge on any atom is 0.308 e. The molecule has 1 aliphatic heterocycles. The van der Waals surface area contributed by atoms with Gasteiger partial charge in [-0.05, 0) is 13.8 Å². The van der Waals surface area contributed by atoms with Crippen molar-refractivity contribution < 1.29 is 34.0 Å². The minimum Gasteiger partial charge on any atom is -0.469 e. The Kier molecular flexibility index (Phi) is 6.15. The first kappa shape index (κ1) is 16.3. The Balaban J connectivity index is 2.62. The van der Waals surface area contributed by atoms with E-state index in [-0.39, 0.29) is 6.42 Å². The second-order valence-corrected chi connectivity index (χ2v) is 4.62. The van der Waals surface area contributed by atoms with Gasteiger partial charge in [0.1, 0.15) is 18.3 Å². The third-order valence-electron chi connectivity index (χ3n) is 3.10. The fraction of sp³-hybridized carbons (Fsp3) is 0.917. The molecule has 0 aromatic heterocycles. The first-order valence-corrected chi connectivity index (χ1v) is 6.17. The van der Waals surface area contributed by atoms with Crippen LogP contribution >= 0.6 is 0 Å². The van der Waals surface area contributed by atoms with Crippen molar-refractivity contribution in [3.05, 3.63) is 0 Å². The first-order valence-electron chi connectivity index (χ1n) is 6.17. The molecule has 1 heterocycles. The van der Waals surface area contributed by atoms with Gasteiger partial charge in [-0.15, -0.1) is 0 Å². The van der Waals surface area contributed by atoms with Gasteiger partial charge in [0.2, 0.25) is 0 Å². The predicted molar refractivity (Wildman–Crippen MR) is 64.3 cm³/mol. The molecule has 0 amide bonds. The highest BCUT2D eigenvalue weighted by Crippen LogP contribution is 2.25. The van der Waals surface area contributed by atoms with Crippen molar-refractivity contribution in [3.63, 3.8) is 0 Å². The molecule has 112 valence electrons. The fourth-order valence-electron chi connectivity index (χ4n) is 1.96. The molecular formula is C12H22O7. The van der Waals surface area contributed by atoms with Crippen molar-refractivity contribution in [1.29, 1.82) is 0 Å². The van der Waals surface area contributed by atoms with E-state index in [1.54, 1.807) is 13.8 Å². The molecule has 0 aromatic rings. The quantitative estimate of drug-likeness (QED) is 0.651. The van der Waals surface area contributed by atoms with E-state index < -0.39 is 42.8 Å². The molecule has 6 atom stereocenters. The van der Waals surface area contributed by atoms with Gasteiger partial charge >= 0.3 is 5.97 Å². The van der Waals surface area contributed by atoms with Crippen LogP contribution in [0.25, 0.3) is 0 Å². The minimum absolute atomic E-state index is 0.0693. The summed E-state index contributed by atoms with van der Waals surface area (Å²) >= 11 is 0. The lowest BCUT2D eigenvalue weighted by atomic mass is 10.00. The average molecular weight is 278 g/mol. The summed E-state index contributed by atoms with van der Waals surface area (Å²) in [5, 5.41) is 19.6. The van der Waals surface area contributed by atoms with Crippen molar-refractivity contribution >= 4 is 5.97 Å². The zero-order valence-corrected chi connectivity index (χ0v) is 11.6. The second-order valence-electron chi connectivity index (χ2n) is 4.62. The molecule has 0 aromatic carbocycles. The van der Waals surface area contributed by atoms with Crippen LogP contribution in [0.15, 0.2) is 0 Å². The van der Waals surface area contributed by atoms with Crippen molar-refractivity contribution in [2.24, 2.45) is 0 Å². The lowest BCUT2D eigenvalue weighted by molar-refractivity contribution is -0.307. The topological polar surface area (TPSA) is 94.5 Å². The monoisotopic (exact) mass is 278 g/mol. The molecule has 2 N–H and O–H groups in total. The van der Waals surface area contributed by atoms with Gasteiger partial charge in [0, 0.05) is 7.11 Å². The van der Waals surface area contributed by atoms with Gasteiger partial charge in [-0.25, -0.2) is 0 Å². The van der Waals surface area contributed by atoms with Gasteiger partial charge < -0.3 is 29.2 Å². The molecule has 0 spiro atoms. The minimum atomic E-state index is -1.11. The SMILES string of the molecule is COC(=O)C[C@@H](C)OC1OC(C)C(O)C(O)C1OC. The Bertz CT molecular complexity index is 296. The number of carbonyl (C=O) groups is 1. The van der Waals surface area contributed by atoms with E-state index in [1.165, 1.54) is 14.2 Å². The van der Waals surface area contributed by atoms with Crippen LogP contribution in [0.1, 0.15) is 20.3 Å². The van der Waals surface area contributed by atoms with Gasteiger partial charge in [0.25, 0.3) is 0 Å². The number of methoxy groups -OCH3 is 2. The van der Waals surface area contributed by atoms with E-state index in [9.17, 15) is 15.0 Å². The third kappa shape index (κ3) is 4.12. The maximum atomic E-state index is 11.1. The number of carbonyl (C=O) groups excluding carboxylic acids is 1. The summed E-state index contributed by atoms with van der Waals surface area (Å²) in [5.74, 6) is -0.397. The number of hydrogen-bond acceptors (Lipinski definition) is 7. The summed E-state index contributed by atoms with van der Waals surface area (Å²) in [5.41, 5.74) is 0. The summed E-state index contributed by atoms with van der Waals surface area (Å²) in [4.78, 5) is 11.1. The number of hydrogen-bond donors (Lipinski definition) is 2. The Morgan fingerprint density at radius 2 is 1.95 bits per heavy atom. The molecule has 1 aliphatic rings. The molecule has 1 saturated heterocycles. The summed E-state index contributed by atoms with van der Waals surface area (Å²) in [6, 6.07) is 0. The van der Waals surface area contributed by atoms with Crippen LogP contribution in [0.5, 0.6) is 0 Å². The highest BCUT2D eigenvalue weighted by molar-refractivity contribution is 5.69. The van der Waals surface area contributed by atoms with Gasteiger partial charge in [-0.3, -0.25) is 4.79 Å². The maximum absolute atomic E-state index is 11.1. The highest BCUT2D eigenvalue weighted by Gasteiger charge is 2.44. The van der Waals surface area contributed by atoms with Crippen LogP contribution in [0.4, 0.5) is 0 Å². The summed E-state index contributed by atoms with van der Waals surface area (Å²) in [7, 11) is 2.69. The van der Waals surface area contributed by atoms with Crippen LogP contribution in [0.3, 0.4) is 0 Å². The Morgan fingerprint density at radius 3 is 2.47 bits per heavy atom. The zero-order chi connectivity index (χ0) is 14.6. The normalized spacial score (nSPS) is 36.8. The van der Waals surface area contributed by atoms with Gasteiger partial charge in [-0.2, -0.15) is 0 Å². The summed E-state index contributed by atoms with van der Waals surface area (Å²) in [6.07, 6.45) is -4.78. The standard InChI is InChI=1S/C12H22O7/c1-6(5-8(13)16-3)18-12-11(17-4)10(15)9(14)7(2)19-12/h6-7,9-12,14-15H,5H2,1-4H3/t6-,7?,9?,10?,11?,12?/m1/s1. The number of aliphatic hydroxyl groups is 2. The van der Waals surface area contributed by atoms with E-state index in [1.807, 2.05) is 0 Å². The van der Waals surface area contributed by atoms with Crippen molar-refractivity contribution in [2.45, 2.75) is 57.1 Å². The number of ether oxygens (including phenoxy) is 4. The number of rotatable bonds is 5. The van der Waals surface area contributed by atoms with Crippen LogP contribution < -0.4 is 0 Å². The summed E-state index contributed by atoms with van der Waals surface area (Å²) < 4.78 is 20.6. The Hall–Kier alpha value is -0.730. The van der Waals surface area contributed by atoms with E-state index in [0.717, 1.165) is 0 Å². The van der Waals surface area contributed by atoms with Crippen LogP contribution in [-0.4, -0.2) is 67.2 Å². The van der Waals surface area contributed by atoms with Gasteiger partial charge in [0.05, 0.1) is 25.7 Å². The lowest BCUT2D eigenvalue weighted by Gasteiger charge is -2.41. The third-order valence-corrected chi connectivity index (χ3v) is 3.10. The molecule has 0 aliphatic carbocycles. The number of aliphatic hydroxyl groups excluding tert-OH is 2. The smallest absolute Gasteiger partial charge is 0.308 e. The molecule has 7 heteroatoms. The average Bonchev–Trinajstić information content (AvgIpc) is 2.36. The fourth-order valence-corrected chi connectivity index (χ4v) is 1.96. The summed E-state index contributed by atoms with van der Waals surface area (Å²) in [6.45, 7) is 3.32. The molecule has 7 nitrogen and oxygen atoms in total. The van der Waals surface area contributed by atoms with E-state index in [4.69, 9.17) is 14.2 Å².